The van der Waals surface area contributed by atoms with Crippen LogP contribution in [0.5, 0.6) is 5.75 Å². The van der Waals surface area contributed by atoms with Crippen LogP contribution in [0.25, 0.3) is 0 Å². The van der Waals surface area contributed by atoms with Crippen LogP contribution in [0.1, 0.15) is 31.4 Å². The first-order valence-electron chi connectivity index (χ1n) is 6.99. The number of aliphatic carboxylic acids is 1. The van der Waals surface area contributed by atoms with Gasteiger partial charge in [0.1, 0.15) is 11.8 Å². The van der Waals surface area contributed by atoms with E-state index in [1.54, 1.807) is 13.2 Å². The second-order valence-electron chi connectivity index (χ2n) is 5.56. The van der Waals surface area contributed by atoms with Crippen molar-refractivity contribution in [3.63, 3.8) is 0 Å². The van der Waals surface area contributed by atoms with Gasteiger partial charge in [0.25, 0.3) is 0 Å². The van der Waals surface area contributed by atoms with Gasteiger partial charge < -0.3 is 15.2 Å². The zero-order valence-electron chi connectivity index (χ0n) is 13.0. The van der Waals surface area contributed by atoms with E-state index in [1.165, 1.54) is 0 Å². The molecule has 1 rings (SSSR count). The number of carboxylic acid groups (broad SMARTS) is 1. The fourth-order valence-electron chi connectivity index (χ4n) is 2.10. The van der Waals surface area contributed by atoms with Crippen molar-refractivity contribution in [2.24, 2.45) is 5.92 Å². The number of benzene rings is 1. The van der Waals surface area contributed by atoms with Crippen LogP contribution in [-0.4, -0.2) is 30.1 Å². The number of carboxylic acids is 1. The predicted octanol–water partition coefficient (Wildman–Crippen LogP) is 2.16. The summed E-state index contributed by atoms with van der Waals surface area (Å²) in [6, 6.07) is 4.63. The van der Waals surface area contributed by atoms with Gasteiger partial charge >= 0.3 is 5.97 Å². The Bertz CT molecular complexity index is 511. The minimum atomic E-state index is -0.997. The van der Waals surface area contributed by atoms with Gasteiger partial charge in [-0.2, -0.15) is 0 Å². The van der Waals surface area contributed by atoms with Crippen LogP contribution in [0.3, 0.4) is 0 Å². The summed E-state index contributed by atoms with van der Waals surface area (Å²) in [7, 11) is 1.59. The molecular formula is C16H23NO4. The molecule has 1 amide bonds. The molecule has 0 fully saturated rings. The van der Waals surface area contributed by atoms with E-state index in [0.717, 1.165) is 16.9 Å². The minimum Gasteiger partial charge on any atom is -0.497 e. The Morgan fingerprint density at radius 3 is 2.48 bits per heavy atom. The average Bonchev–Trinajstić information content (AvgIpc) is 2.39. The highest BCUT2D eigenvalue weighted by Gasteiger charge is 2.21. The monoisotopic (exact) mass is 293 g/mol. The topological polar surface area (TPSA) is 75.6 Å². The summed E-state index contributed by atoms with van der Waals surface area (Å²) in [6.45, 7) is 5.75. The number of rotatable bonds is 7. The minimum absolute atomic E-state index is 0.164. The maximum absolute atomic E-state index is 12.0. The molecule has 1 atom stereocenters. The Hall–Kier alpha value is -2.04. The van der Waals surface area contributed by atoms with Gasteiger partial charge in [0.2, 0.25) is 5.91 Å². The van der Waals surface area contributed by atoms with Gasteiger partial charge in [-0.05, 0) is 42.5 Å². The lowest BCUT2D eigenvalue weighted by atomic mass is 10.0. The maximum atomic E-state index is 12.0. The number of hydrogen-bond donors (Lipinski definition) is 2. The molecule has 2 N–H and O–H groups in total. The van der Waals surface area contributed by atoms with Gasteiger partial charge in [0.15, 0.2) is 0 Å². The summed E-state index contributed by atoms with van der Waals surface area (Å²) < 4.78 is 5.12. The average molecular weight is 293 g/mol. The summed E-state index contributed by atoms with van der Waals surface area (Å²) in [5.74, 6) is -0.339. The fourth-order valence-corrected chi connectivity index (χ4v) is 2.10. The van der Waals surface area contributed by atoms with E-state index in [-0.39, 0.29) is 18.2 Å². The molecule has 0 bridgehead atoms. The molecule has 0 aromatic heterocycles. The number of amides is 1. The number of aryl methyl sites for hydroxylation is 1. The number of hydrogen-bond acceptors (Lipinski definition) is 3. The number of carbonyl (C=O) groups is 2. The van der Waals surface area contributed by atoms with Crippen LogP contribution in [0.2, 0.25) is 0 Å². The van der Waals surface area contributed by atoms with Gasteiger partial charge in [-0.1, -0.05) is 19.9 Å². The third-order valence-corrected chi connectivity index (χ3v) is 3.24. The van der Waals surface area contributed by atoms with Crippen LogP contribution in [0, 0.1) is 12.8 Å². The van der Waals surface area contributed by atoms with E-state index in [4.69, 9.17) is 9.84 Å². The fraction of sp³-hybridized carbons (Fsp3) is 0.500. The number of ether oxygens (including phenoxy) is 1. The summed E-state index contributed by atoms with van der Waals surface area (Å²) >= 11 is 0. The molecule has 0 aliphatic carbocycles. The molecule has 0 aliphatic heterocycles. The van der Waals surface area contributed by atoms with E-state index < -0.39 is 12.0 Å². The first-order chi connectivity index (χ1) is 9.83. The molecule has 116 valence electrons. The van der Waals surface area contributed by atoms with Gasteiger partial charge in [0, 0.05) is 0 Å². The Balaban J connectivity index is 2.70. The lowest BCUT2D eigenvalue weighted by molar-refractivity contribution is -0.142. The van der Waals surface area contributed by atoms with Crippen LogP contribution in [0.4, 0.5) is 0 Å². The molecule has 0 radical (unpaired) electrons. The number of nitrogens with one attached hydrogen (secondary N) is 1. The molecule has 1 unspecified atom stereocenters. The summed E-state index contributed by atoms with van der Waals surface area (Å²) in [4.78, 5) is 23.2. The van der Waals surface area contributed by atoms with Crippen molar-refractivity contribution < 1.29 is 19.4 Å². The third-order valence-electron chi connectivity index (χ3n) is 3.24. The van der Waals surface area contributed by atoms with Crippen LogP contribution >= 0.6 is 0 Å². The standard InChI is InChI=1S/C16H23NO4/c1-10(2)7-14(16(19)20)17-15(18)9-12-5-6-13(21-4)8-11(12)3/h5-6,8,10,14H,7,9H2,1-4H3,(H,17,18)(H,19,20). The maximum Gasteiger partial charge on any atom is 0.326 e. The zero-order valence-corrected chi connectivity index (χ0v) is 13.0. The second-order valence-corrected chi connectivity index (χ2v) is 5.56. The molecule has 1 aromatic carbocycles. The quantitative estimate of drug-likeness (QED) is 0.808. The van der Waals surface area contributed by atoms with E-state index >= 15 is 0 Å². The van der Waals surface area contributed by atoms with E-state index in [2.05, 4.69) is 5.32 Å². The molecule has 0 saturated carbocycles. The lowest BCUT2D eigenvalue weighted by Crippen LogP contribution is -2.42. The van der Waals surface area contributed by atoms with Crippen LogP contribution in [0.15, 0.2) is 18.2 Å². The van der Waals surface area contributed by atoms with Crippen LogP contribution in [-0.2, 0) is 16.0 Å². The Morgan fingerprint density at radius 2 is 2.00 bits per heavy atom. The second kappa shape index (κ2) is 7.67. The number of carbonyl (C=O) groups excluding carboxylic acids is 1. The highest BCUT2D eigenvalue weighted by atomic mass is 16.5. The molecule has 0 saturated heterocycles. The number of methoxy groups -OCH3 is 1. The third kappa shape index (κ3) is 5.45. The molecular weight excluding hydrogens is 270 g/mol. The zero-order chi connectivity index (χ0) is 16.0. The van der Waals surface area contributed by atoms with Crippen molar-refractivity contribution in [1.82, 2.24) is 5.32 Å². The van der Waals surface area contributed by atoms with Crippen molar-refractivity contribution >= 4 is 11.9 Å². The Labute approximate surface area is 125 Å². The summed E-state index contributed by atoms with van der Waals surface area (Å²) in [5, 5.41) is 11.7. The van der Waals surface area contributed by atoms with E-state index in [9.17, 15) is 9.59 Å². The SMILES string of the molecule is COc1ccc(CC(=O)NC(CC(C)C)C(=O)O)c(C)c1. The molecule has 5 nitrogen and oxygen atoms in total. The summed E-state index contributed by atoms with van der Waals surface area (Å²) in [5.41, 5.74) is 1.81. The van der Waals surface area contributed by atoms with E-state index in [0.29, 0.717) is 6.42 Å². The van der Waals surface area contributed by atoms with Gasteiger partial charge in [-0.15, -0.1) is 0 Å². The largest absolute Gasteiger partial charge is 0.497 e. The molecule has 1 aromatic rings. The highest BCUT2D eigenvalue weighted by Crippen LogP contribution is 2.17. The van der Waals surface area contributed by atoms with Crippen molar-refractivity contribution in [1.29, 1.82) is 0 Å². The molecule has 0 heterocycles. The molecule has 5 heteroatoms. The molecule has 0 aliphatic rings. The highest BCUT2D eigenvalue weighted by molar-refractivity contribution is 5.85. The molecule has 0 spiro atoms. The Kier molecular flexibility index (Phi) is 6.21. The van der Waals surface area contributed by atoms with Crippen molar-refractivity contribution in [3.8, 4) is 5.75 Å². The van der Waals surface area contributed by atoms with E-state index in [1.807, 2.05) is 32.9 Å². The lowest BCUT2D eigenvalue weighted by Gasteiger charge is -2.17. The molecule has 21 heavy (non-hydrogen) atoms. The first-order valence-corrected chi connectivity index (χ1v) is 6.99. The van der Waals surface area contributed by atoms with Crippen molar-refractivity contribution in [2.45, 2.75) is 39.7 Å². The van der Waals surface area contributed by atoms with Crippen LogP contribution < -0.4 is 10.1 Å². The smallest absolute Gasteiger partial charge is 0.326 e. The van der Waals surface area contributed by atoms with Crippen molar-refractivity contribution in [3.05, 3.63) is 29.3 Å². The Morgan fingerprint density at radius 1 is 1.33 bits per heavy atom. The van der Waals surface area contributed by atoms with Gasteiger partial charge in [0.05, 0.1) is 13.5 Å². The van der Waals surface area contributed by atoms with Gasteiger partial charge in [-0.25, -0.2) is 4.79 Å². The van der Waals surface area contributed by atoms with Gasteiger partial charge in [-0.3, -0.25) is 4.79 Å². The predicted molar refractivity (Wildman–Crippen MR) is 80.5 cm³/mol. The first kappa shape index (κ1) is 17.0. The normalized spacial score (nSPS) is 12.0. The summed E-state index contributed by atoms with van der Waals surface area (Å²) in [6.07, 6.45) is 0.584. The van der Waals surface area contributed by atoms with Crippen molar-refractivity contribution in [2.75, 3.05) is 7.11 Å².